The van der Waals surface area contributed by atoms with Crippen molar-refractivity contribution < 1.29 is 9.53 Å². The molecule has 0 aromatic heterocycles. The van der Waals surface area contributed by atoms with Gasteiger partial charge < -0.3 is 9.64 Å². The minimum atomic E-state index is -0.580. The third-order valence-corrected chi connectivity index (χ3v) is 3.06. The number of carbonyl (C=O) groups excluding carboxylic acids is 1. The molecule has 0 saturated carbocycles. The van der Waals surface area contributed by atoms with Gasteiger partial charge in [0.2, 0.25) is 0 Å². The average Bonchev–Trinajstić information content (AvgIpc) is 2.36. The summed E-state index contributed by atoms with van der Waals surface area (Å²) < 4.78 is 5.10. The van der Waals surface area contributed by atoms with Crippen molar-refractivity contribution >= 4 is 5.78 Å². The zero-order valence-corrected chi connectivity index (χ0v) is 10.2. The number of methoxy groups -OCH3 is 1. The largest absolute Gasteiger partial charge is 0.370 e. The molecule has 1 unspecified atom stereocenters. The molecule has 90 valence electrons. The van der Waals surface area contributed by atoms with E-state index in [0.717, 1.165) is 11.1 Å². The molecule has 4 heteroatoms. The molecular weight excluding hydrogens is 228 g/mol. The van der Waals surface area contributed by atoms with Gasteiger partial charge in [-0.3, -0.25) is 4.79 Å². The maximum Gasteiger partial charge on any atom is 0.169 e. The summed E-state index contributed by atoms with van der Waals surface area (Å²) >= 11 is 0. The zero-order valence-electron chi connectivity index (χ0n) is 10.2. The molecule has 1 heterocycles. The van der Waals surface area contributed by atoms with E-state index >= 15 is 0 Å². The molecule has 0 aromatic rings. The van der Waals surface area contributed by atoms with Gasteiger partial charge >= 0.3 is 0 Å². The molecule has 0 spiro atoms. The summed E-state index contributed by atoms with van der Waals surface area (Å²) in [6, 6.07) is 2.08. The van der Waals surface area contributed by atoms with E-state index in [4.69, 9.17) is 16.4 Å². The summed E-state index contributed by atoms with van der Waals surface area (Å²) in [6.07, 6.45) is 8.64. The number of Topliss-reactive ketones (excluding diaryl/α,β-unsaturated/α-hetero) is 1. The van der Waals surface area contributed by atoms with Crippen LogP contribution in [-0.2, 0) is 9.53 Å². The first-order valence-corrected chi connectivity index (χ1v) is 5.45. The van der Waals surface area contributed by atoms with Crippen LogP contribution in [0.2, 0.25) is 0 Å². The fourth-order valence-corrected chi connectivity index (χ4v) is 2.18. The third kappa shape index (κ3) is 1.73. The Morgan fingerprint density at radius 2 is 2.33 bits per heavy atom. The van der Waals surface area contributed by atoms with Crippen LogP contribution in [0.5, 0.6) is 0 Å². The van der Waals surface area contributed by atoms with Gasteiger partial charge in [-0.2, -0.15) is 5.26 Å². The number of ether oxygens (including phenoxy) is 1. The lowest BCUT2D eigenvalue weighted by molar-refractivity contribution is -0.125. The van der Waals surface area contributed by atoms with Crippen LogP contribution < -0.4 is 0 Å². The Morgan fingerprint density at radius 3 is 2.89 bits per heavy atom. The Hall–Kier alpha value is -2.30. The summed E-state index contributed by atoms with van der Waals surface area (Å²) in [7, 11) is 3.22. The SMILES string of the molecule is C#CC1=C(C#N)N(C)C=C2CC(=O)C(OC)C=C21. The van der Waals surface area contributed by atoms with Crippen LogP contribution in [0.3, 0.4) is 0 Å². The summed E-state index contributed by atoms with van der Waals surface area (Å²) in [5.74, 6) is 2.53. The van der Waals surface area contributed by atoms with Crippen LogP contribution in [0.25, 0.3) is 0 Å². The van der Waals surface area contributed by atoms with Gasteiger partial charge in [-0.1, -0.05) is 5.92 Å². The monoisotopic (exact) mass is 240 g/mol. The van der Waals surface area contributed by atoms with Crippen LogP contribution in [0.4, 0.5) is 0 Å². The Balaban J connectivity index is 2.59. The Bertz CT molecular complexity index is 582. The molecule has 0 bridgehead atoms. The second-order valence-corrected chi connectivity index (χ2v) is 4.12. The van der Waals surface area contributed by atoms with Crippen molar-refractivity contribution in [3.63, 3.8) is 0 Å². The van der Waals surface area contributed by atoms with Crippen LogP contribution in [0.1, 0.15) is 6.42 Å². The smallest absolute Gasteiger partial charge is 0.169 e. The molecule has 2 rings (SSSR count). The van der Waals surface area contributed by atoms with E-state index in [1.54, 1.807) is 24.2 Å². The number of terminal acetylenes is 1. The molecule has 1 aliphatic heterocycles. The number of allylic oxidation sites excluding steroid dienone is 4. The first-order chi connectivity index (χ1) is 8.62. The molecule has 0 radical (unpaired) electrons. The molecular formula is C14H12N2O2. The topological polar surface area (TPSA) is 53.3 Å². The maximum atomic E-state index is 11.8. The van der Waals surface area contributed by atoms with E-state index in [-0.39, 0.29) is 12.2 Å². The second kappa shape index (κ2) is 4.52. The number of hydrogen-bond acceptors (Lipinski definition) is 4. The molecule has 1 atom stereocenters. The van der Waals surface area contributed by atoms with Crippen LogP contribution in [0, 0.1) is 23.7 Å². The predicted molar refractivity (Wildman–Crippen MR) is 65.8 cm³/mol. The van der Waals surface area contributed by atoms with Gasteiger partial charge in [0.1, 0.15) is 17.9 Å². The van der Waals surface area contributed by atoms with E-state index in [9.17, 15) is 4.79 Å². The summed E-state index contributed by atoms with van der Waals surface area (Å²) in [5.41, 5.74) is 2.53. The molecule has 2 aliphatic rings. The van der Waals surface area contributed by atoms with Crippen molar-refractivity contribution in [2.45, 2.75) is 12.5 Å². The first-order valence-electron chi connectivity index (χ1n) is 5.45. The highest BCUT2D eigenvalue weighted by molar-refractivity contribution is 5.91. The fourth-order valence-electron chi connectivity index (χ4n) is 2.18. The van der Waals surface area contributed by atoms with Gasteiger partial charge in [-0.05, 0) is 17.2 Å². The lowest BCUT2D eigenvalue weighted by Crippen LogP contribution is -2.29. The normalized spacial score (nSPS) is 22.8. The van der Waals surface area contributed by atoms with Gasteiger partial charge in [0, 0.05) is 26.8 Å². The van der Waals surface area contributed by atoms with E-state index < -0.39 is 6.10 Å². The summed E-state index contributed by atoms with van der Waals surface area (Å²) in [5, 5.41) is 9.13. The number of carbonyl (C=O) groups is 1. The van der Waals surface area contributed by atoms with Crippen LogP contribution in [-0.4, -0.2) is 30.9 Å². The van der Waals surface area contributed by atoms with Crippen molar-refractivity contribution in [1.82, 2.24) is 4.90 Å². The molecule has 0 aromatic carbocycles. The summed E-state index contributed by atoms with van der Waals surface area (Å²) in [4.78, 5) is 13.4. The number of nitriles is 1. The molecule has 0 N–H and O–H groups in total. The highest BCUT2D eigenvalue weighted by Gasteiger charge is 2.31. The minimum Gasteiger partial charge on any atom is -0.370 e. The quantitative estimate of drug-likeness (QED) is 0.645. The second-order valence-electron chi connectivity index (χ2n) is 4.12. The molecule has 1 aliphatic carbocycles. The predicted octanol–water partition coefficient (Wildman–Crippen LogP) is 1.14. The lowest BCUT2D eigenvalue weighted by atomic mass is 9.84. The first kappa shape index (κ1) is 12.2. The number of ketones is 1. The number of hydrogen-bond donors (Lipinski definition) is 0. The highest BCUT2D eigenvalue weighted by atomic mass is 16.5. The van der Waals surface area contributed by atoms with Crippen molar-refractivity contribution in [1.29, 1.82) is 5.26 Å². The van der Waals surface area contributed by atoms with Gasteiger partial charge in [-0.15, -0.1) is 6.42 Å². The molecule has 0 fully saturated rings. The van der Waals surface area contributed by atoms with E-state index in [1.807, 2.05) is 0 Å². The third-order valence-electron chi connectivity index (χ3n) is 3.06. The van der Waals surface area contributed by atoms with Crippen LogP contribution >= 0.6 is 0 Å². The summed E-state index contributed by atoms with van der Waals surface area (Å²) in [6.45, 7) is 0. The van der Waals surface area contributed by atoms with Gasteiger partial charge in [0.25, 0.3) is 0 Å². The average molecular weight is 240 g/mol. The van der Waals surface area contributed by atoms with Crippen molar-refractivity contribution in [3.05, 3.63) is 34.7 Å². The van der Waals surface area contributed by atoms with Crippen molar-refractivity contribution in [2.75, 3.05) is 14.2 Å². The van der Waals surface area contributed by atoms with Crippen LogP contribution in [0.15, 0.2) is 34.7 Å². The molecule has 0 saturated heterocycles. The van der Waals surface area contributed by atoms with Gasteiger partial charge in [-0.25, -0.2) is 0 Å². The number of nitrogens with zero attached hydrogens (tertiary/aromatic N) is 2. The van der Waals surface area contributed by atoms with E-state index in [2.05, 4.69) is 12.0 Å². The van der Waals surface area contributed by atoms with Gasteiger partial charge in [0.15, 0.2) is 5.78 Å². The van der Waals surface area contributed by atoms with E-state index in [1.165, 1.54) is 7.11 Å². The Kier molecular flexibility index (Phi) is 3.06. The van der Waals surface area contributed by atoms with E-state index in [0.29, 0.717) is 11.3 Å². The zero-order chi connectivity index (χ0) is 13.3. The standard InChI is InChI=1S/C14H12N2O2/c1-4-10-11-6-14(18-3)13(17)5-9(11)8-16(2)12(10)7-15/h1,6,8,14H,5H2,2-3H3. The molecule has 4 nitrogen and oxygen atoms in total. The minimum absolute atomic E-state index is 0.00215. The molecule has 0 amide bonds. The van der Waals surface area contributed by atoms with Crippen molar-refractivity contribution in [2.24, 2.45) is 0 Å². The maximum absolute atomic E-state index is 11.8. The number of fused-ring (bicyclic) bond motifs is 1. The fraction of sp³-hybridized carbons (Fsp3) is 0.286. The highest BCUT2D eigenvalue weighted by Crippen LogP contribution is 2.34. The van der Waals surface area contributed by atoms with Gasteiger partial charge in [0.05, 0.1) is 5.57 Å². The van der Waals surface area contributed by atoms with Crippen molar-refractivity contribution in [3.8, 4) is 18.4 Å². The Labute approximate surface area is 106 Å². The number of rotatable bonds is 1. The molecule has 18 heavy (non-hydrogen) atoms. The lowest BCUT2D eigenvalue weighted by Gasteiger charge is -2.29. The Morgan fingerprint density at radius 1 is 1.61 bits per heavy atom.